The molecule has 102 valence electrons. The Labute approximate surface area is 126 Å². The van der Waals surface area contributed by atoms with Crippen LogP contribution in [0.15, 0.2) is 27.0 Å². The SMILES string of the molecule is Cc1cc(Br)c(F)cc1NS(=O)(=O)c1cnc(Cl)s1. The van der Waals surface area contributed by atoms with Crippen molar-refractivity contribution >= 4 is 54.6 Å². The highest BCUT2D eigenvalue weighted by molar-refractivity contribution is 9.10. The van der Waals surface area contributed by atoms with Crippen molar-refractivity contribution in [2.75, 3.05) is 4.72 Å². The lowest BCUT2D eigenvalue weighted by atomic mass is 10.2. The molecule has 2 rings (SSSR count). The van der Waals surface area contributed by atoms with E-state index in [0.717, 1.165) is 23.6 Å². The maximum Gasteiger partial charge on any atom is 0.273 e. The second-order valence-electron chi connectivity index (χ2n) is 3.62. The van der Waals surface area contributed by atoms with Gasteiger partial charge in [-0.2, -0.15) is 0 Å². The largest absolute Gasteiger partial charge is 0.279 e. The molecule has 1 heterocycles. The zero-order valence-electron chi connectivity index (χ0n) is 9.45. The van der Waals surface area contributed by atoms with Crippen LogP contribution in [0, 0.1) is 12.7 Å². The van der Waals surface area contributed by atoms with Crippen molar-refractivity contribution < 1.29 is 12.8 Å². The number of benzene rings is 1. The minimum atomic E-state index is -3.81. The van der Waals surface area contributed by atoms with Crippen molar-refractivity contribution in [3.05, 3.63) is 38.6 Å². The van der Waals surface area contributed by atoms with Crippen molar-refractivity contribution in [3.8, 4) is 0 Å². The Hall–Kier alpha value is -0.700. The van der Waals surface area contributed by atoms with Crippen molar-refractivity contribution in [1.29, 1.82) is 0 Å². The van der Waals surface area contributed by atoms with Crippen molar-refractivity contribution in [3.63, 3.8) is 0 Å². The van der Waals surface area contributed by atoms with Crippen LogP contribution in [0.25, 0.3) is 0 Å². The molecule has 0 amide bonds. The van der Waals surface area contributed by atoms with Gasteiger partial charge in [-0.1, -0.05) is 22.9 Å². The lowest BCUT2D eigenvalue weighted by Gasteiger charge is -2.09. The Morgan fingerprint density at radius 3 is 2.74 bits per heavy atom. The average Bonchev–Trinajstić information content (AvgIpc) is 2.73. The number of hydrogen-bond donors (Lipinski definition) is 1. The van der Waals surface area contributed by atoms with E-state index in [1.807, 2.05) is 0 Å². The Balaban J connectivity index is 2.38. The third-order valence-corrected chi connectivity index (χ3v) is 5.78. The molecule has 2 aromatic rings. The topological polar surface area (TPSA) is 59.1 Å². The number of aromatic nitrogens is 1. The lowest BCUT2D eigenvalue weighted by molar-refractivity contribution is 0.602. The number of aryl methyl sites for hydroxylation is 1. The molecule has 0 fully saturated rings. The number of anilines is 1. The highest BCUT2D eigenvalue weighted by Crippen LogP contribution is 2.28. The standard InChI is InChI=1S/C10H7BrClFN2O2S2/c1-5-2-6(11)7(13)3-8(5)15-19(16,17)9-4-14-10(12)18-9/h2-4,15H,1H3. The third kappa shape index (κ3) is 3.25. The molecule has 1 aromatic carbocycles. The molecule has 0 aliphatic carbocycles. The number of nitrogens with one attached hydrogen (secondary N) is 1. The van der Waals surface area contributed by atoms with E-state index in [1.54, 1.807) is 6.92 Å². The summed E-state index contributed by atoms with van der Waals surface area (Å²) in [6.45, 7) is 1.67. The van der Waals surface area contributed by atoms with Crippen molar-refractivity contribution in [1.82, 2.24) is 4.98 Å². The van der Waals surface area contributed by atoms with Crippen molar-refractivity contribution in [2.24, 2.45) is 0 Å². The van der Waals surface area contributed by atoms with E-state index in [2.05, 4.69) is 25.6 Å². The summed E-state index contributed by atoms with van der Waals surface area (Å²) in [6, 6.07) is 2.60. The number of halogens is 3. The van der Waals surface area contributed by atoms with E-state index >= 15 is 0 Å². The van der Waals surface area contributed by atoms with E-state index in [-0.39, 0.29) is 18.8 Å². The molecule has 1 N–H and O–H groups in total. The van der Waals surface area contributed by atoms with Crippen LogP contribution in [0.3, 0.4) is 0 Å². The summed E-state index contributed by atoms with van der Waals surface area (Å²) in [4.78, 5) is 3.66. The summed E-state index contributed by atoms with van der Waals surface area (Å²) in [6.07, 6.45) is 1.15. The highest BCUT2D eigenvalue weighted by atomic mass is 79.9. The van der Waals surface area contributed by atoms with Crippen LogP contribution >= 0.6 is 38.9 Å². The first-order valence-corrected chi connectivity index (χ1v) is 8.36. The molecule has 0 aliphatic rings. The Morgan fingerprint density at radius 1 is 1.47 bits per heavy atom. The van der Waals surface area contributed by atoms with Gasteiger partial charge >= 0.3 is 0 Å². The first kappa shape index (κ1) is 14.7. The summed E-state index contributed by atoms with van der Waals surface area (Å²) >= 11 is 9.45. The smallest absolute Gasteiger partial charge is 0.273 e. The third-order valence-electron chi connectivity index (χ3n) is 2.23. The maximum absolute atomic E-state index is 13.4. The fraction of sp³-hybridized carbons (Fsp3) is 0.100. The molecule has 0 saturated carbocycles. The zero-order valence-corrected chi connectivity index (χ0v) is 13.4. The fourth-order valence-corrected chi connectivity index (χ4v) is 4.19. The quantitative estimate of drug-likeness (QED) is 0.874. The normalized spacial score (nSPS) is 11.6. The van der Waals surface area contributed by atoms with Crippen LogP contribution in [0.5, 0.6) is 0 Å². The molecule has 9 heteroatoms. The monoisotopic (exact) mass is 384 g/mol. The second kappa shape index (κ2) is 5.35. The van der Waals surface area contributed by atoms with Gasteiger partial charge in [0.1, 0.15) is 5.82 Å². The highest BCUT2D eigenvalue weighted by Gasteiger charge is 2.19. The number of nitrogens with zero attached hydrogens (tertiary/aromatic N) is 1. The molecular weight excluding hydrogens is 379 g/mol. The molecule has 0 bridgehead atoms. The Morgan fingerprint density at radius 2 is 2.16 bits per heavy atom. The van der Waals surface area contributed by atoms with Gasteiger partial charge in [0.05, 0.1) is 16.4 Å². The predicted molar refractivity (Wildman–Crippen MR) is 76.8 cm³/mol. The number of thiazole rings is 1. The molecule has 19 heavy (non-hydrogen) atoms. The number of sulfonamides is 1. The molecule has 0 radical (unpaired) electrons. The van der Waals surface area contributed by atoms with Gasteiger partial charge in [-0.15, -0.1) is 0 Å². The van der Waals surface area contributed by atoms with Crippen LogP contribution in [-0.4, -0.2) is 13.4 Å². The van der Waals surface area contributed by atoms with E-state index in [1.165, 1.54) is 6.07 Å². The average molecular weight is 386 g/mol. The molecule has 0 atom stereocenters. The maximum atomic E-state index is 13.4. The molecule has 0 aliphatic heterocycles. The van der Waals surface area contributed by atoms with E-state index < -0.39 is 15.8 Å². The zero-order chi connectivity index (χ0) is 14.2. The first-order chi connectivity index (χ1) is 8.79. The fourth-order valence-electron chi connectivity index (χ4n) is 1.31. The van der Waals surface area contributed by atoms with E-state index in [0.29, 0.717) is 5.56 Å². The minimum absolute atomic E-state index is 0.0276. The van der Waals surface area contributed by atoms with Crippen LogP contribution in [0.4, 0.5) is 10.1 Å². The van der Waals surface area contributed by atoms with Gasteiger partial charge in [-0.3, -0.25) is 4.72 Å². The summed E-state index contributed by atoms with van der Waals surface area (Å²) < 4.78 is 40.2. The molecule has 4 nitrogen and oxygen atoms in total. The van der Waals surface area contributed by atoms with Gasteiger partial charge in [0.15, 0.2) is 8.68 Å². The first-order valence-electron chi connectivity index (χ1n) is 4.89. The van der Waals surface area contributed by atoms with Gasteiger partial charge in [-0.25, -0.2) is 17.8 Å². The summed E-state index contributed by atoms with van der Waals surface area (Å²) in [5, 5.41) is 0. The van der Waals surface area contributed by atoms with Gasteiger partial charge in [0, 0.05) is 0 Å². The molecule has 0 saturated heterocycles. The van der Waals surface area contributed by atoms with E-state index in [4.69, 9.17) is 11.6 Å². The lowest BCUT2D eigenvalue weighted by Crippen LogP contribution is -2.12. The van der Waals surface area contributed by atoms with Gasteiger partial charge in [0.2, 0.25) is 0 Å². The van der Waals surface area contributed by atoms with Crippen LogP contribution in [0.2, 0.25) is 4.47 Å². The van der Waals surface area contributed by atoms with Gasteiger partial charge in [0.25, 0.3) is 10.0 Å². The van der Waals surface area contributed by atoms with Crippen LogP contribution in [0.1, 0.15) is 5.56 Å². The molecule has 1 aromatic heterocycles. The molecule has 0 unspecified atom stereocenters. The summed E-state index contributed by atoms with van der Waals surface area (Å²) in [7, 11) is -3.81. The predicted octanol–water partition coefficient (Wildman–Crippen LogP) is 3.81. The van der Waals surface area contributed by atoms with Crippen LogP contribution in [-0.2, 0) is 10.0 Å². The number of hydrogen-bond acceptors (Lipinski definition) is 4. The number of rotatable bonds is 3. The van der Waals surface area contributed by atoms with Crippen molar-refractivity contribution in [2.45, 2.75) is 11.1 Å². The summed E-state index contributed by atoms with van der Waals surface area (Å²) in [5.41, 5.74) is 0.762. The van der Waals surface area contributed by atoms with Crippen LogP contribution < -0.4 is 4.72 Å². The minimum Gasteiger partial charge on any atom is -0.279 e. The van der Waals surface area contributed by atoms with Gasteiger partial charge < -0.3 is 0 Å². The van der Waals surface area contributed by atoms with E-state index in [9.17, 15) is 12.8 Å². The second-order valence-corrected chi connectivity index (χ2v) is 8.00. The molecule has 0 spiro atoms. The van der Waals surface area contributed by atoms with Gasteiger partial charge in [-0.05, 0) is 40.5 Å². The Bertz CT molecular complexity index is 733. The summed E-state index contributed by atoms with van der Waals surface area (Å²) in [5.74, 6) is -0.550. The Kier molecular flexibility index (Phi) is 4.14. The molecular formula is C10H7BrClFN2O2S2.